The van der Waals surface area contributed by atoms with Crippen molar-refractivity contribution in [2.24, 2.45) is 0 Å². The summed E-state index contributed by atoms with van der Waals surface area (Å²) in [5, 5.41) is 2.11. The summed E-state index contributed by atoms with van der Waals surface area (Å²) in [7, 11) is -3.64. The highest BCUT2D eigenvalue weighted by Crippen LogP contribution is 2.25. The lowest BCUT2D eigenvalue weighted by molar-refractivity contribution is 0.601. The van der Waals surface area contributed by atoms with Gasteiger partial charge >= 0.3 is 0 Å². The molecule has 0 fully saturated rings. The Morgan fingerprint density at radius 3 is 2.72 bits per heavy atom. The molecule has 0 radical (unpaired) electrons. The minimum atomic E-state index is -3.64. The second-order valence-corrected chi connectivity index (χ2v) is 6.98. The van der Waals surface area contributed by atoms with Gasteiger partial charge in [-0.2, -0.15) is 0 Å². The van der Waals surface area contributed by atoms with Crippen LogP contribution in [0.15, 0.2) is 32.9 Å². The summed E-state index contributed by atoms with van der Waals surface area (Å²) in [6, 6.07) is 4.47. The molecule has 0 bridgehead atoms. The Bertz CT molecular complexity index is 682. The van der Waals surface area contributed by atoms with E-state index in [1.807, 2.05) is 0 Å². The van der Waals surface area contributed by atoms with Crippen LogP contribution in [0.4, 0.5) is 10.8 Å². The lowest BCUT2D eigenvalue weighted by atomic mass is 10.3. The molecule has 0 aliphatic carbocycles. The molecular weight excluding hydrogens is 338 g/mol. The number of sulfonamides is 1. The lowest BCUT2D eigenvalue weighted by Crippen LogP contribution is -2.13. The Morgan fingerprint density at radius 1 is 1.44 bits per heavy atom. The molecule has 96 valence electrons. The maximum atomic E-state index is 12.1. The zero-order chi connectivity index (χ0) is 13.3. The predicted molar refractivity (Wildman–Crippen MR) is 76.2 cm³/mol. The largest absolute Gasteiger partial charge is 0.398 e. The second kappa shape index (κ2) is 4.87. The van der Waals surface area contributed by atoms with Crippen molar-refractivity contribution in [3.8, 4) is 0 Å². The fourth-order valence-electron chi connectivity index (χ4n) is 1.26. The average molecular weight is 348 g/mol. The van der Waals surface area contributed by atoms with E-state index in [0.717, 1.165) is 5.69 Å². The standard InChI is InChI=1S/C10H10BrN3O2S2/c1-6-5-17-10(13-6)14-18(15,16)7-2-3-8(11)9(12)4-7/h2-5H,12H2,1H3,(H,13,14). The number of aryl methyl sites for hydroxylation is 1. The molecule has 0 saturated heterocycles. The Labute approximate surface area is 117 Å². The third-order valence-electron chi connectivity index (χ3n) is 2.12. The number of thiazole rings is 1. The van der Waals surface area contributed by atoms with Gasteiger partial charge in [0.15, 0.2) is 5.13 Å². The molecular formula is C10H10BrN3O2S2. The van der Waals surface area contributed by atoms with Crippen molar-refractivity contribution in [2.45, 2.75) is 11.8 Å². The fraction of sp³-hybridized carbons (Fsp3) is 0.100. The van der Waals surface area contributed by atoms with E-state index in [0.29, 0.717) is 15.3 Å². The van der Waals surface area contributed by atoms with E-state index in [1.165, 1.54) is 23.5 Å². The van der Waals surface area contributed by atoms with Gasteiger partial charge in [0.1, 0.15) is 0 Å². The van der Waals surface area contributed by atoms with Gasteiger partial charge in [-0.05, 0) is 41.1 Å². The maximum Gasteiger partial charge on any atom is 0.263 e. The lowest BCUT2D eigenvalue weighted by Gasteiger charge is -2.06. The number of nitrogens with two attached hydrogens (primary N) is 1. The van der Waals surface area contributed by atoms with Gasteiger partial charge in [-0.25, -0.2) is 13.4 Å². The topological polar surface area (TPSA) is 85.1 Å². The van der Waals surface area contributed by atoms with Crippen LogP contribution in [0.5, 0.6) is 0 Å². The number of hydrogen-bond donors (Lipinski definition) is 2. The van der Waals surface area contributed by atoms with Crippen LogP contribution < -0.4 is 10.5 Å². The van der Waals surface area contributed by atoms with Crippen molar-refractivity contribution in [1.29, 1.82) is 0 Å². The first-order valence-corrected chi connectivity index (χ1v) is 8.04. The van der Waals surface area contributed by atoms with Crippen molar-refractivity contribution in [3.63, 3.8) is 0 Å². The predicted octanol–water partition coefficient (Wildman–Crippen LogP) is 2.60. The van der Waals surface area contributed by atoms with Crippen LogP contribution in [0.3, 0.4) is 0 Å². The summed E-state index contributed by atoms with van der Waals surface area (Å²) < 4.78 is 27.2. The zero-order valence-corrected chi connectivity index (χ0v) is 12.6. The van der Waals surface area contributed by atoms with Gasteiger partial charge in [-0.1, -0.05) is 0 Å². The van der Waals surface area contributed by atoms with Crippen molar-refractivity contribution < 1.29 is 8.42 Å². The van der Waals surface area contributed by atoms with E-state index in [9.17, 15) is 8.42 Å². The Morgan fingerprint density at radius 2 is 2.17 bits per heavy atom. The van der Waals surface area contributed by atoms with Gasteiger partial charge in [-0.3, -0.25) is 4.72 Å². The van der Waals surface area contributed by atoms with Crippen LogP contribution in [0.2, 0.25) is 0 Å². The van der Waals surface area contributed by atoms with Gasteiger partial charge in [-0.15, -0.1) is 11.3 Å². The monoisotopic (exact) mass is 347 g/mol. The molecule has 3 N–H and O–H groups in total. The fourth-order valence-corrected chi connectivity index (χ4v) is 3.49. The molecule has 0 unspecified atom stereocenters. The van der Waals surface area contributed by atoms with E-state index in [2.05, 4.69) is 25.6 Å². The third-order valence-corrected chi connectivity index (χ3v) is 5.18. The minimum absolute atomic E-state index is 0.107. The van der Waals surface area contributed by atoms with E-state index < -0.39 is 10.0 Å². The molecule has 1 aromatic heterocycles. The summed E-state index contributed by atoms with van der Waals surface area (Å²) in [5.41, 5.74) is 6.80. The van der Waals surface area contributed by atoms with Crippen molar-refractivity contribution in [2.75, 3.05) is 10.5 Å². The van der Waals surface area contributed by atoms with Crippen molar-refractivity contribution in [3.05, 3.63) is 33.7 Å². The molecule has 0 spiro atoms. The number of rotatable bonds is 3. The van der Waals surface area contributed by atoms with Gasteiger partial charge in [0.2, 0.25) is 0 Å². The first kappa shape index (κ1) is 13.3. The second-order valence-electron chi connectivity index (χ2n) is 3.58. The Hall–Kier alpha value is -1.12. The van der Waals surface area contributed by atoms with Crippen LogP contribution in [0.25, 0.3) is 0 Å². The Kier molecular flexibility index (Phi) is 3.60. The summed E-state index contributed by atoms with van der Waals surface area (Å²) in [4.78, 5) is 4.16. The van der Waals surface area contributed by atoms with Crippen LogP contribution in [-0.2, 0) is 10.0 Å². The number of aromatic nitrogens is 1. The molecule has 8 heteroatoms. The van der Waals surface area contributed by atoms with Crippen LogP contribution >= 0.6 is 27.3 Å². The van der Waals surface area contributed by atoms with Crippen molar-refractivity contribution >= 4 is 48.1 Å². The van der Waals surface area contributed by atoms with Crippen LogP contribution in [0, 0.1) is 6.92 Å². The average Bonchev–Trinajstić information content (AvgIpc) is 2.67. The smallest absolute Gasteiger partial charge is 0.263 e. The highest BCUT2D eigenvalue weighted by Gasteiger charge is 2.16. The molecule has 2 aromatic rings. The number of nitrogen functional groups attached to an aromatic ring is 1. The van der Waals surface area contributed by atoms with Gasteiger partial charge in [0, 0.05) is 15.5 Å². The maximum absolute atomic E-state index is 12.1. The summed E-state index contributed by atoms with van der Waals surface area (Å²) >= 11 is 4.45. The molecule has 0 saturated carbocycles. The number of nitrogens with zero attached hydrogens (tertiary/aromatic N) is 1. The van der Waals surface area contributed by atoms with Crippen molar-refractivity contribution in [1.82, 2.24) is 4.98 Å². The van der Waals surface area contributed by atoms with E-state index in [1.54, 1.807) is 18.4 Å². The van der Waals surface area contributed by atoms with Gasteiger partial charge in [0.05, 0.1) is 10.6 Å². The molecule has 1 aromatic carbocycles. The molecule has 1 heterocycles. The SMILES string of the molecule is Cc1csc(NS(=O)(=O)c2ccc(Br)c(N)c2)n1. The quantitative estimate of drug-likeness (QED) is 0.835. The van der Waals surface area contributed by atoms with Gasteiger partial charge < -0.3 is 5.73 Å². The third kappa shape index (κ3) is 2.82. The van der Waals surface area contributed by atoms with E-state index in [-0.39, 0.29) is 4.90 Å². The first-order chi connectivity index (χ1) is 8.38. The number of hydrogen-bond acceptors (Lipinski definition) is 5. The molecule has 0 aliphatic rings. The number of benzene rings is 1. The first-order valence-electron chi connectivity index (χ1n) is 4.88. The molecule has 0 atom stereocenters. The summed E-state index contributed by atoms with van der Waals surface area (Å²) in [6.07, 6.45) is 0. The van der Waals surface area contributed by atoms with E-state index >= 15 is 0 Å². The molecule has 18 heavy (non-hydrogen) atoms. The summed E-state index contributed by atoms with van der Waals surface area (Å²) in [6.45, 7) is 1.80. The Balaban J connectivity index is 2.33. The summed E-state index contributed by atoms with van der Waals surface area (Å²) in [5.74, 6) is 0. The zero-order valence-electron chi connectivity index (χ0n) is 9.34. The molecule has 2 rings (SSSR count). The molecule has 5 nitrogen and oxygen atoms in total. The number of anilines is 2. The minimum Gasteiger partial charge on any atom is -0.398 e. The van der Waals surface area contributed by atoms with Crippen LogP contribution in [-0.4, -0.2) is 13.4 Å². The van der Waals surface area contributed by atoms with Gasteiger partial charge in [0.25, 0.3) is 10.0 Å². The number of nitrogens with one attached hydrogen (secondary N) is 1. The highest BCUT2D eigenvalue weighted by atomic mass is 79.9. The normalized spacial score (nSPS) is 11.4. The highest BCUT2D eigenvalue weighted by molar-refractivity contribution is 9.10. The molecule has 0 aliphatic heterocycles. The van der Waals surface area contributed by atoms with E-state index in [4.69, 9.17) is 5.73 Å². The molecule has 0 amide bonds. The number of halogens is 1. The van der Waals surface area contributed by atoms with Crippen LogP contribution in [0.1, 0.15) is 5.69 Å².